The first-order valence-corrected chi connectivity index (χ1v) is 10.9. The SMILES string of the molecule is CC(OC(=O)CNC(=O)c1ccc(Br)cc1)C(=O)Nc1sc2c(c1C(N)=O)CCC2. The molecule has 0 bridgehead atoms. The van der Waals surface area contributed by atoms with Gasteiger partial charge in [0.1, 0.15) is 11.5 Å². The zero-order chi connectivity index (χ0) is 21.8. The first kappa shape index (κ1) is 22.0. The number of hydrogen-bond donors (Lipinski definition) is 3. The summed E-state index contributed by atoms with van der Waals surface area (Å²) in [6, 6.07) is 6.63. The van der Waals surface area contributed by atoms with Crippen LogP contribution >= 0.6 is 27.3 Å². The summed E-state index contributed by atoms with van der Waals surface area (Å²) in [5.74, 6) is -2.36. The highest BCUT2D eigenvalue weighted by molar-refractivity contribution is 9.10. The summed E-state index contributed by atoms with van der Waals surface area (Å²) in [4.78, 5) is 49.3. The Bertz CT molecular complexity index is 1000. The molecule has 30 heavy (non-hydrogen) atoms. The number of rotatable bonds is 7. The van der Waals surface area contributed by atoms with E-state index in [9.17, 15) is 19.2 Å². The van der Waals surface area contributed by atoms with Gasteiger partial charge in [0.25, 0.3) is 17.7 Å². The Morgan fingerprint density at radius 1 is 1.20 bits per heavy atom. The van der Waals surface area contributed by atoms with Gasteiger partial charge in [-0.15, -0.1) is 11.3 Å². The van der Waals surface area contributed by atoms with Gasteiger partial charge in [-0.05, 0) is 56.0 Å². The van der Waals surface area contributed by atoms with Gasteiger partial charge >= 0.3 is 5.97 Å². The monoisotopic (exact) mass is 493 g/mol. The fourth-order valence-electron chi connectivity index (χ4n) is 3.11. The smallest absolute Gasteiger partial charge is 0.326 e. The van der Waals surface area contributed by atoms with Crippen molar-refractivity contribution in [3.8, 4) is 0 Å². The lowest BCUT2D eigenvalue weighted by Gasteiger charge is -2.14. The van der Waals surface area contributed by atoms with E-state index in [1.54, 1.807) is 24.3 Å². The first-order chi connectivity index (χ1) is 14.3. The number of fused-ring (bicyclic) bond motifs is 1. The maximum atomic E-state index is 12.4. The highest BCUT2D eigenvalue weighted by atomic mass is 79.9. The normalized spacial score (nSPS) is 13.3. The minimum Gasteiger partial charge on any atom is -0.451 e. The van der Waals surface area contributed by atoms with Crippen LogP contribution in [-0.2, 0) is 27.2 Å². The first-order valence-electron chi connectivity index (χ1n) is 9.24. The van der Waals surface area contributed by atoms with Gasteiger partial charge in [-0.3, -0.25) is 19.2 Å². The molecule has 0 fully saturated rings. The summed E-state index contributed by atoms with van der Waals surface area (Å²) in [7, 11) is 0. The Hall–Kier alpha value is -2.72. The van der Waals surface area contributed by atoms with E-state index >= 15 is 0 Å². The summed E-state index contributed by atoms with van der Waals surface area (Å²) in [6.07, 6.45) is 1.44. The molecule has 0 spiro atoms. The highest BCUT2D eigenvalue weighted by Gasteiger charge is 2.27. The number of ether oxygens (including phenoxy) is 1. The van der Waals surface area contributed by atoms with Crippen LogP contribution in [0, 0.1) is 0 Å². The van der Waals surface area contributed by atoms with Crippen LogP contribution in [0.3, 0.4) is 0 Å². The van der Waals surface area contributed by atoms with Crippen molar-refractivity contribution >= 4 is 56.0 Å². The van der Waals surface area contributed by atoms with Crippen molar-refractivity contribution in [1.29, 1.82) is 0 Å². The fraction of sp³-hybridized carbons (Fsp3) is 0.300. The number of primary amides is 1. The second-order valence-electron chi connectivity index (χ2n) is 6.74. The summed E-state index contributed by atoms with van der Waals surface area (Å²) in [5, 5.41) is 5.45. The summed E-state index contributed by atoms with van der Waals surface area (Å²) >= 11 is 4.60. The van der Waals surface area contributed by atoms with Crippen molar-refractivity contribution in [1.82, 2.24) is 5.32 Å². The number of carbonyl (C=O) groups excluding carboxylic acids is 4. The van der Waals surface area contributed by atoms with Crippen LogP contribution in [0.5, 0.6) is 0 Å². The molecule has 1 aliphatic carbocycles. The average molecular weight is 494 g/mol. The molecule has 1 aromatic heterocycles. The third kappa shape index (κ3) is 5.06. The Morgan fingerprint density at radius 2 is 1.90 bits per heavy atom. The third-order valence-corrected chi connectivity index (χ3v) is 6.32. The van der Waals surface area contributed by atoms with Gasteiger partial charge in [0.15, 0.2) is 6.10 Å². The lowest BCUT2D eigenvalue weighted by atomic mass is 10.1. The molecule has 0 saturated carbocycles. The molecular weight excluding hydrogens is 474 g/mol. The van der Waals surface area contributed by atoms with Gasteiger partial charge in [-0.25, -0.2) is 0 Å². The van der Waals surface area contributed by atoms with Gasteiger partial charge in [0, 0.05) is 14.9 Å². The number of aryl methyl sites for hydroxylation is 1. The minimum atomic E-state index is -1.11. The van der Waals surface area contributed by atoms with Crippen molar-refractivity contribution in [2.75, 3.05) is 11.9 Å². The van der Waals surface area contributed by atoms with Crippen LogP contribution in [0.15, 0.2) is 28.7 Å². The fourth-order valence-corrected chi connectivity index (χ4v) is 4.68. The Balaban J connectivity index is 1.53. The largest absolute Gasteiger partial charge is 0.451 e. The van der Waals surface area contributed by atoms with Gasteiger partial charge in [0.05, 0.1) is 5.56 Å². The molecule has 1 aromatic carbocycles. The van der Waals surface area contributed by atoms with Crippen LogP contribution in [0.1, 0.15) is 44.5 Å². The Kier molecular flexibility index (Phi) is 6.88. The predicted octanol–water partition coefficient (Wildman–Crippen LogP) is 2.40. The van der Waals surface area contributed by atoms with Crippen molar-refractivity contribution < 1.29 is 23.9 Å². The van der Waals surface area contributed by atoms with E-state index in [4.69, 9.17) is 10.5 Å². The van der Waals surface area contributed by atoms with Crippen molar-refractivity contribution in [2.45, 2.75) is 32.3 Å². The molecule has 3 amide bonds. The molecule has 10 heteroatoms. The molecule has 0 saturated heterocycles. The van der Waals surface area contributed by atoms with E-state index in [0.29, 0.717) is 16.1 Å². The number of hydrogen-bond acceptors (Lipinski definition) is 6. The lowest BCUT2D eigenvalue weighted by Crippen LogP contribution is -2.36. The predicted molar refractivity (Wildman–Crippen MR) is 116 cm³/mol. The van der Waals surface area contributed by atoms with Crippen LogP contribution in [-0.4, -0.2) is 36.3 Å². The van der Waals surface area contributed by atoms with E-state index in [1.165, 1.54) is 18.3 Å². The van der Waals surface area contributed by atoms with Gasteiger partial charge < -0.3 is 21.1 Å². The molecule has 1 heterocycles. The van der Waals surface area contributed by atoms with Crippen LogP contribution in [0.2, 0.25) is 0 Å². The molecule has 3 rings (SSSR count). The highest BCUT2D eigenvalue weighted by Crippen LogP contribution is 2.38. The molecule has 4 N–H and O–H groups in total. The summed E-state index contributed by atoms with van der Waals surface area (Å²) in [6.45, 7) is 1.03. The molecule has 1 unspecified atom stereocenters. The van der Waals surface area contributed by atoms with E-state index in [-0.39, 0.29) is 6.54 Å². The van der Waals surface area contributed by atoms with Crippen molar-refractivity contribution in [3.63, 3.8) is 0 Å². The zero-order valence-corrected chi connectivity index (χ0v) is 18.5. The van der Waals surface area contributed by atoms with Crippen LogP contribution in [0.4, 0.5) is 5.00 Å². The average Bonchev–Trinajstić information content (AvgIpc) is 3.27. The number of anilines is 1. The number of nitrogens with two attached hydrogens (primary N) is 1. The second kappa shape index (κ2) is 9.40. The van der Waals surface area contributed by atoms with E-state index in [1.807, 2.05) is 0 Å². The van der Waals surface area contributed by atoms with E-state index in [0.717, 1.165) is 34.2 Å². The number of carbonyl (C=O) groups is 4. The molecule has 0 aliphatic heterocycles. The molecule has 2 aromatic rings. The number of halogens is 1. The molecular formula is C20H20BrN3O5S. The molecule has 1 atom stereocenters. The second-order valence-corrected chi connectivity index (χ2v) is 8.76. The van der Waals surface area contributed by atoms with Crippen molar-refractivity contribution in [2.24, 2.45) is 5.73 Å². The number of thiophene rings is 1. The molecule has 0 radical (unpaired) electrons. The van der Waals surface area contributed by atoms with Crippen molar-refractivity contribution in [3.05, 3.63) is 50.3 Å². The maximum Gasteiger partial charge on any atom is 0.326 e. The summed E-state index contributed by atoms with van der Waals surface area (Å²) in [5.41, 5.74) is 7.09. The number of esters is 1. The molecule has 158 valence electrons. The minimum absolute atomic E-state index is 0.334. The summed E-state index contributed by atoms with van der Waals surface area (Å²) < 4.78 is 5.91. The number of amides is 3. The maximum absolute atomic E-state index is 12.4. The lowest BCUT2D eigenvalue weighted by molar-refractivity contribution is -0.152. The van der Waals surface area contributed by atoms with Gasteiger partial charge in [0.2, 0.25) is 0 Å². The third-order valence-electron chi connectivity index (χ3n) is 4.58. The van der Waals surface area contributed by atoms with E-state index in [2.05, 4.69) is 26.6 Å². The quantitative estimate of drug-likeness (QED) is 0.510. The number of nitrogens with one attached hydrogen (secondary N) is 2. The number of benzene rings is 1. The zero-order valence-electron chi connectivity index (χ0n) is 16.1. The van der Waals surface area contributed by atoms with Gasteiger partial charge in [-0.1, -0.05) is 15.9 Å². The standard InChI is InChI=1S/C20H20BrN3O5S/c1-10(29-15(25)9-23-19(28)11-5-7-12(21)8-6-11)18(27)24-20-16(17(22)26)13-3-2-4-14(13)30-20/h5-8,10H,2-4,9H2,1H3,(H2,22,26)(H,23,28)(H,24,27). The van der Waals surface area contributed by atoms with Crippen LogP contribution in [0.25, 0.3) is 0 Å². The Morgan fingerprint density at radius 3 is 2.57 bits per heavy atom. The topological polar surface area (TPSA) is 128 Å². The Labute approximate surface area is 185 Å². The molecule has 8 nitrogen and oxygen atoms in total. The van der Waals surface area contributed by atoms with Crippen LogP contribution < -0.4 is 16.4 Å². The van der Waals surface area contributed by atoms with E-state index < -0.39 is 29.8 Å². The van der Waals surface area contributed by atoms with Gasteiger partial charge in [-0.2, -0.15) is 0 Å². The molecule has 1 aliphatic rings.